The molecule has 0 radical (unpaired) electrons. The predicted molar refractivity (Wildman–Crippen MR) is 103 cm³/mol. The highest BCUT2D eigenvalue weighted by Gasteiger charge is 2.33. The summed E-state index contributed by atoms with van der Waals surface area (Å²) in [4.78, 5) is 34.3. The first-order valence-corrected chi connectivity index (χ1v) is 8.51. The van der Waals surface area contributed by atoms with E-state index in [1.807, 2.05) is 45.0 Å². The molecule has 0 saturated carbocycles. The molecule has 2 heterocycles. The molecule has 27 heavy (non-hydrogen) atoms. The Morgan fingerprint density at radius 2 is 1.41 bits per heavy atom. The van der Waals surface area contributed by atoms with Gasteiger partial charge in [0.2, 0.25) is 0 Å². The average Bonchev–Trinajstić information content (AvgIpc) is 3.04. The highest BCUT2D eigenvalue weighted by Crippen LogP contribution is 2.18. The van der Waals surface area contributed by atoms with Crippen LogP contribution in [0.4, 0.5) is 0 Å². The maximum absolute atomic E-state index is 11.0. The number of rotatable bonds is 2. The van der Waals surface area contributed by atoms with Crippen LogP contribution in [0.3, 0.4) is 0 Å². The largest absolute Gasteiger partial charge is 0.389 e. The Balaban J connectivity index is 0.000000264. The fraction of sp³-hybridized carbons (Fsp3) is 0.579. The van der Waals surface area contributed by atoms with Crippen LogP contribution in [0.5, 0.6) is 0 Å². The summed E-state index contributed by atoms with van der Waals surface area (Å²) in [5.41, 5.74) is 0.978. The summed E-state index contributed by atoms with van der Waals surface area (Å²) in [5.74, 6) is -0.482. The van der Waals surface area contributed by atoms with Crippen LogP contribution in [0.1, 0.15) is 61.8 Å². The Bertz CT molecular complexity index is 771. The summed E-state index contributed by atoms with van der Waals surface area (Å²) < 4.78 is 0. The number of carbonyl (C=O) groups excluding carboxylic acids is 2. The van der Waals surface area contributed by atoms with Gasteiger partial charge in [-0.25, -0.2) is 0 Å². The quantitative estimate of drug-likeness (QED) is 0.746. The molecule has 1 aromatic heterocycles. The Morgan fingerprint density at radius 1 is 0.889 bits per heavy atom. The van der Waals surface area contributed by atoms with Crippen molar-refractivity contribution in [2.75, 3.05) is 0 Å². The molecule has 2 amide bonds. The molecule has 0 aliphatic carbocycles. The number of para-hydroxylation sites is 1. The van der Waals surface area contributed by atoms with E-state index in [9.17, 15) is 9.59 Å². The summed E-state index contributed by atoms with van der Waals surface area (Å²) in [6, 6.07) is 7.71. The van der Waals surface area contributed by atoms with Crippen LogP contribution in [-0.4, -0.2) is 43.2 Å². The zero-order valence-corrected chi connectivity index (χ0v) is 16.1. The first kappa shape index (κ1) is 22.6. The lowest BCUT2D eigenvalue weighted by Gasteiger charge is -2.24. The minimum atomic E-state index is -0.490. The summed E-state index contributed by atoms with van der Waals surface area (Å²) in [6.45, 7) is 11.3. The van der Waals surface area contributed by atoms with Crippen LogP contribution in [-0.2, 0) is 14.4 Å². The summed E-state index contributed by atoms with van der Waals surface area (Å²) in [7, 11) is 0. The monoisotopic (exact) mass is 378 g/mol. The second kappa shape index (κ2) is 8.47. The second-order valence-electron chi connectivity index (χ2n) is 7.94. The third-order valence-electron chi connectivity index (χ3n) is 3.05. The number of aromatic nitrogens is 3. The molecule has 1 saturated heterocycles. The van der Waals surface area contributed by atoms with Crippen molar-refractivity contribution in [1.29, 1.82) is 0 Å². The molecule has 0 atom stereocenters. The SMILES string of the molecule is C.CC(C)(C)ON1C(=O)CCC1=O.CC(C)(C)On1nnc2ccccc21. The van der Waals surface area contributed by atoms with Crippen LogP contribution in [0.25, 0.3) is 11.0 Å². The van der Waals surface area contributed by atoms with Crippen molar-refractivity contribution >= 4 is 22.8 Å². The number of nitrogens with zero attached hydrogens (tertiary/aromatic N) is 4. The number of hydrogen-bond donors (Lipinski definition) is 0. The Morgan fingerprint density at radius 3 is 1.93 bits per heavy atom. The van der Waals surface area contributed by atoms with Gasteiger partial charge < -0.3 is 4.84 Å². The van der Waals surface area contributed by atoms with E-state index in [4.69, 9.17) is 9.68 Å². The first-order valence-electron chi connectivity index (χ1n) is 8.51. The lowest BCUT2D eigenvalue weighted by Crippen LogP contribution is -2.37. The lowest BCUT2D eigenvalue weighted by molar-refractivity contribution is -0.218. The van der Waals surface area contributed by atoms with Crippen LogP contribution >= 0.6 is 0 Å². The van der Waals surface area contributed by atoms with Gasteiger partial charge in [0.1, 0.15) is 16.6 Å². The summed E-state index contributed by atoms with van der Waals surface area (Å²) in [6.07, 6.45) is 0.545. The van der Waals surface area contributed by atoms with E-state index in [1.165, 1.54) is 4.85 Å². The van der Waals surface area contributed by atoms with Gasteiger partial charge in [0.15, 0.2) is 0 Å². The number of benzene rings is 1. The van der Waals surface area contributed by atoms with Gasteiger partial charge in [0.05, 0.1) is 5.60 Å². The average molecular weight is 378 g/mol. The van der Waals surface area contributed by atoms with Crippen molar-refractivity contribution in [1.82, 2.24) is 20.2 Å². The smallest absolute Gasteiger partial charge is 0.254 e. The molecular weight excluding hydrogens is 348 g/mol. The third kappa shape index (κ3) is 6.63. The number of hydrogen-bond acceptors (Lipinski definition) is 6. The van der Waals surface area contributed by atoms with Gasteiger partial charge in [-0.1, -0.05) is 24.4 Å². The molecule has 150 valence electrons. The molecule has 0 N–H and O–H groups in total. The van der Waals surface area contributed by atoms with Crippen LogP contribution < -0.4 is 4.84 Å². The van der Waals surface area contributed by atoms with Gasteiger partial charge in [-0.3, -0.25) is 14.4 Å². The first-order chi connectivity index (χ1) is 12.0. The van der Waals surface area contributed by atoms with E-state index in [0.717, 1.165) is 16.1 Å². The van der Waals surface area contributed by atoms with Crippen molar-refractivity contribution in [2.45, 2.75) is 73.0 Å². The molecule has 2 aromatic rings. The van der Waals surface area contributed by atoms with Gasteiger partial charge in [-0.2, -0.15) is 5.06 Å². The molecule has 8 nitrogen and oxygen atoms in total. The van der Waals surface area contributed by atoms with Gasteiger partial charge in [0.25, 0.3) is 11.8 Å². The van der Waals surface area contributed by atoms with Gasteiger partial charge in [0, 0.05) is 12.8 Å². The van der Waals surface area contributed by atoms with E-state index < -0.39 is 5.60 Å². The topological polar surface area (TPSA) is 86.5 Å². The highest BCUT2D eigenvalue weighted by molar-refractivity contribution is 6.00. The van der Waals surface area contributed by atoms with Gasteiger partial charge in [-0.05, 0) is 58.9 Å². The fourth-order valence-electron chi connectivity index (χ4n) is 2.11. The molecule has 0 bridgehead atoms. The van der Waals surface area contributed by atoms with E-state index in [2.05, 4.69) is 10.3 Å². The molecule has 1 fully saturated rings. The normalized spacial score (nSPS) is 14.7. The van der Waals surface area contributed by atoms with Crippen molar-refractivity contribution in [3.8, 4) is 0 Å². The zero-order valence-electron chi connectivity index (χ0n) is 16.1. The number of imide groups is 1. The van der Waals surface area contributed by atoms with Crippen LogP contribution in [0.15, 0.2) is 24.3 Å². The summed E-state index contributed by atoms with van der Waals surface area (Å²) >= 11 is 0. The van der Waals surface area contributed by atoms with Crippen molar-refractivity contribution in [3.05, 3.63) is 24.3 Å². The number of amides is 2. The van der Waals surface area contributed by atoms with Crippen molar-refractivity contribution < 1.29 is 19.3 Å². The third-order valence-corrected chi connectivity index (χ3v) is 3.05. The Hall–Kier alpha value is -2.48. The zero-order chi connectivity index (χ0) is 19.5. The van der Waals surface area contributed by atoms with E-state index >= 15 is 0 Å². The second-order valence-corrected chi connectivity index (χ2v) is 7.94. The number of fused-ring (bicyclic) bond motifs is 1. The number of hydroxylamine groups is 2. The molecule has 8 heteroatoms. The van der Waals surface area contributed by atoms with Gasteiger partial charge >= 0.3 is 0 Å². The van der Waals surface area contributed by atoms with Crippen molar-refractivity contribution in [3.63, 3.8) is 0 Å². The van der Waals surface area contributed by atoms with E-state index in [-0.39, 0.29) is 37.7 Å². The maximum atomic E-state index is 11.0. The molecule has 0 unspecified atom stereocenters. The maximum Gasteiger partial charge on any atom is 0.254 e. The fourth-order valence-corrected chi connectivity index (χ4v) is 2.11. The Labute approximate surface area is 160 Å². The van der Waals surface area contributed by atoms with Crippen LogP contribution in [0.2, 0.25) is 0 Å². The lowest BCUT2D eigenvalue weighted by atomic mass is 10.2. The molecule has 1 aromatic carbocycles. The summed E-state index contributed by atoms with van der Waals surface area (Å²) in [5, 5.41) is 8.79. The number of carbonyl (C=O) groups is 2. The molecule has 3 rings (SSSR count). The highest BCUT2D eigenvalue weighted by atomic mass is 16.7. The molecule has 1 aliphatic rings. The van der Waals surface area contributed by atoms with Crippen molar-refractivity contribution in [2.24, 2.45) is 0 Å². The standard InChI is InChI=1S/C10H13N3O.C8H13NO3.CH4/c1-10(2,3)14-13-9-7-5-4-6-8(9)11-12-13;1-8(2,3)12-9-6(10)4-5-7(9)11;/h4-7H,1-3H3;4-5H2,1-3H3;1H4. The molecular formula is C19H30N4O4. The van der Waals surface area contributed by atoms with E-state index in [1.54, 1.807) is 20.8 Å². The minimum absolute atomic E-state index is 0. The molecule has 1 aliphatic heterocycles. The molecule has 0 spiro atoms. The Kier molecular flexibility index (Phi) is 7.08. The predicted octanol–water partition coefficient (Wildman–Crippen LogP) is 3.16. The minimum Gasteiger partial charge on any atom is -0.389 e. The van der Waals surface area contributed by atoms with Gasteiger partial charge in [-0.15, -0.1) is 5.10 Å². The van der Waals surface area contributed by atoms with E-state index in [0.29, 0.717) is 0 Å². The van der Waals surface area contributed by atoms with Crippen LogP contribution in [0, 0.1) is 0 Å².